The van der Waals surface area contributed by atoms with Crippen LogP contribution in [0.4, 0.5) is 0 Å². The zero-order chi connectivity index (χ0) is 14.6. The molecular weight excluding hydrogens is 240 g/mol. The van der Waals surface area contributed by atoms with E-state index in [2.05, 4.69) is 5.32 Å². The number of nitrogens with one attached hydrogen (secondary N) is 1. The monoisotopic (exact) mass is 266 g/mol. The van der Waals surface area contributed by atoms with Gasteiger partial charge in [0.25, 0.3) is 0 Å². The van der Waals surface area contributed by atoms with E-state index in [1.54, 1.807) is 4.90 Å². The third-order valence-electron chi connectivity index (χ3n) is 4.33. The van der Waals surface area contributed by atoms with Gasteiger partial charge in [0.1, 0.15) is 11.6 Å². The maximum absolute atomic E-state index is 12.6. The molecule has 0 aliphatic carbocycles. The van der Waals surface area contributed by atoms with Crippen LogP contribution < -0.4 is 5.32 Å². The molecule has 3 unspecified atom stereocenters. The normalized spacial score (nSPS) is 29.7. The van der Waals surface area contributed by atoms with Gasteiger partial charge in [-0.25, -0.2) is 0 Å². The van der Waals surface area contributed by atoms with Crippen LogP contribution in [0.15, 0.2) is 12.2 Å². The molecule has 0 aromatic rings. The van der Waals surface area contributed by atoms with Crippen molar-refractivity contribution in [2.45, 2.75) is 59.0 Å². The molecule has 0 aromatic heterocycles. The summed E-state index contributed by atoms with van der Waals surface area (Å²) in [6.07, 6.45) is 5.33. The van der Waals surface area contributed by atoms with Crippen LogP contribution in [0.3, 0.4) is 0 Å². The Bertz CT molecular complexity index is 378. The van der Waals surface area contributed by atoms with Crippen LogP contribution in [0.1, 0.15) is 47.5 Å². The van der Waals surface area contributed by atoms with Gasteiger partial charge in [0.2, 0.25) is 11.8 Å². The Morgan fingerprint density at radius 3 is 2.53 bits per heavy atom. The van der Waals surface area contributed by atoms with Crippen LogP contribution in [-0.4, -0.2) is 34.8 Å². The van der Waals surface area contributed by atoms with E-state index in [1.165, 1.54) is 0 Å². The van der Waals surface area contributed by atoms with Gasteiger partial charge >= 0.3 is 0 Å². The highest BCUT2D eigenvalue weighted by atomic mass is 16.2. The third-order valence-corrected chi connectivity index (χ3v) is 4.33. The molecule has 1 rings (SSSR count). The van der Waals surface area contributed by atoms with Crippen LogP contribution in [0.5, 0.6) is 0 Å². The first kappa shape index (κ1) is 15.7. The van der Waals surface area contributed by atoms with Crippen molar-refractivity contribution in [2.24, 2.45) is 5.92 Å². The van der Waals surface area contributed by atoms with Gasteiger partial charge in [-0.05, 0) is 26.2 Å². The predicted octanol–water partition coefficient (Wildman–Crippen LogP) is 2.10. The predicted molar refractivity (Wildman–Crippen MR) is 76.6 cm³/mol. The number of hydrogen-bond acceptors (Lipinski definition) is 2. The average molecular weight is 266 g/mol. The number of carbonyl (C=O) groups excluding carboxylic acids is 2. The molecule has 0 spiro atoms. The van der Waals surface area contributed by atoms with E-state index in [9.17, 15) is 9.59 Å². The van der Waals surface area contributed by atoms with E-state index in [1.807, 2.05) is 46.8 Å². The molecule has 4 heteroatoms. The summed E-state index contributed by atoms with van der Waals surface area (Å²) in [4.78, 5) is 26.7. The van der Waals surface area contributed by atoms with Gasteiger partial charge in [0.05, 0.1) is 0 Å². The van der Waals surface area contributed by atoms with Gasteiger partial charge in [-0.3, -0.25) is 9.59 Å². The summed E-state index contributed by atoms with van der Waals surface area (Å²) >= 11 is 0. The molecule has 0 bridgehead atoms. The maximum atomic E-state index is 12.6. The molecule has 3 atom stereocenters. The summed E-state index contributed by atoms with van der Waals surface area (Å²) in [6.45, 7) is 10.2. The lowest BCUT2D eigenvalue weighted by Gasteiger charge is -2.46. The first-order valence-electron chi connectivity index (χ1n) is 7.15. The van der Waals surface area contributed by atoms with E-state index in [0.717, 1.165) is 6.42 Å². The second-order valence-electron chi connectivity index (χ2n) is 5.48. The quantitative estimate of drug-likeness (QED) is 0.775. The van der Waals surface area contributed by atoms with E-state index in [0.29, 0.717) is 13.0 Å². The highest BCUT2D eigenvalue weighted by Gasteiger charge is 2.48. The van der Waals surface area contributed by atoms with Crippen molar-refractivity contribution in [3.8, 4) is 0 Å². The summed E-state index contributed by atoms with van der Waals surface area (Å²) in [5, 5.41) is 2.91. The average Bonchev–Trinajstić information content (AvgIpc) is 2.41. The fraction of sp³-hybridized carbons (Fsp3) is 0.733. The number of piperazine rings is 1. The number of rotatable bonds is 5. The zero-order valence-corrected chi connectivity index (χ0v) is 12.7. The molecule has 1 aliphatic rings. The number of hydrogen-bond donors (Lipinski definition) is 1. The fourth-order valence-electron chi connectivity index (χ4n) is 2.37. The van der Waals surface area contributed by atoms with E-state index in [4.69, 9.17) is 0 Å². The molecular formula is C15H26N2O2. The molecule has 1 heterocycles. The van der Waals surface area contributed by atoms with Gasteiger partial charge in [0, 0.05) is 6.54 Å². The lowest BCUT2D eigenvalue weighted by molar-refractivity contribution is -0.157. The molecule has 1 N–H and O–H groups in total. The van der Waals surface area contributed by atoms with E-state index in [-0.39, 0.29) is 23.8 Å². The molecule has 2 amide bonds. The smallest absolute Gasteiger partial charge is 0.246 e. The third kappa shape index (κ3) is 2.82. The molecule has 1 aliphatic heterocycles. The van der Waals surface area contributed by atoms with Crippen LogP contribution in [0.2, 0.25) is 0 Å². The van der Waals surface area contributed by atoms with Gasteiger partial charge in [0.15, 0.2) is 0 Å². The Morgan fingerprint density at radius 1 is 1.42 bits per heavy atom. The molecule has 0 saturated carbocycles. The van der Waals surface area contributed by atoms with Crippen molar-refractivity contribution in [1.82, 2.24) is 10.2 Å². The Kier molecular flexibility index (Phi) is 5.15. The standard InChI is InChI=1S/C15H26N2O2/c1-6-9-10-17-13(18)12(11(4)7-2)16-14(19)15(17,5)8-3/h6,9,11-12H,7-8,10H2,1-5H3,(H,16,19)/b9-6+. The number of carbonyl (C=O) groups is 2. The Hall–Kier alpha value is -1.32. The molecule has 108 valence electrons. The van der Waals surface area contributed by atoms with E-state index >= 15 is 0 Å². The molecule has 1 fully saturated rings. The Labute approximate surface area is 116 Å². The summed E-state index contributed by atoms with van der Waals surface area (Å²) in [6, 6.07) is -0.387. The van der Waals surface area contributed by atoms with Gasteiger partial charge in [-0.1, -0.05) is 39.3 Å². The number of amides is 2. The van der Waals surface area contributed by atoms with Crippen molar-refractivity contribution >= 4 is 11.8 Å². The van der Waals surface area contributed by atoms with Crippen molar-refractivity contribution in [3.05, 3.63) is 12.2 Å². The van der Waals surface area contributed by atoms with Crippen molar-refractivity contribution < 1.29 is 9.59 Å². The molecule has 4 nitrogen and oxygen atoms in total. The minimum Gasteiger partial charge on any atom is -0.342 e. The minimum atomic E-state index is -0.736. The Morgan fingerprint density at radius 2 is 2.05 bits per heavy atom. The maximum Gasteiger partial charge on any atom is 0.246 e. The summed E-state index contributed by atoms with van der Waals surface area (Å²) in [5.74, 6) is 0.159. The molecule has 1 saturated heterocycles. The van der Waals surface area contributed by atoms with E-state index < -0.39 is 5.54 Å². The lowest BCUT2D eigenvalue weighted by atomic mass is 9.86. The van der Waals surface area contributed by atoms with Crippen molar-refractivity contribution in [1.29, 1.82) is 0 Å². The van der Waals surface area contributed by atoms with Crippen LogP contribution in [0, 0.1) is 5.92 Å². The van der Waals surface area contributed by atoms with Gasteiger partial charge < -0.3 is 10.2 Å². The molecule has 0 aromatic carbocycles. The van der Waals surface area contributed by atoms with Crippen molar-refractivity contribution in [2.75, 3.05) is 6.54 Å². The lowest BCUT2D eigenvalue weighted by Crippen LogP contribution is -2.70. The van der Waals surface area contributed by atoms with Crippen LogP contribution in [0.25, 0.3) is 0 Å². The second kappa shape index (κ2) is 6.22. The zero-order valence-electron chi connectivity index (χ0n) is 12.7. The van der Waals surface area contributed by atoms with Gasteiger partial charge in [-0.2, -0.15) is 0 Å². The SMILES string of the molecule is C/C=C/CN1C(=O)C(C(C)CC)NC(=O)C1(C)CC. The topological polar surface area (TPSA) is 49.4 Å². The van der Waals surface area contributed by atoms with Crippen molar-refractivity contribution in [3.63, 3.8) is 0 Å². The Balaban J connectivity index is 3.08. The highest BCUT2D eigenvalue weighted by molar-refractivity contribution is 5.99. The minimum absolute atomic E-state index is 0.0376. The van der Waals surface area contributed by atoms with Crippen LogP contribution in [-0.2, 0) is 9.59 Å². The summed E-state index contributed by atoms with van der Waals surface area (Å²) < 4.78 is 0. The summed E-state index contributed by atoms with van der Waals surface area (Å²) in [5.41, 5.74) is -0.736. The number of nitrogens with zero attached hydrogens (tertiary/aromatic N) is 1. The van der Waals surface area contributed by atoms with Crippen LogP contribution >= 0.6 is 0 Å². The second-order valence-corrected chi connectivity index (χ2v) is 5.48. The largest absolute Gasteiger partial charge is 0.342 e. The first-order chi connectivity index (χ1) is 8.92. The summed E-state index contributed by atoms with van der Waals surface area (Å²) in [7, 11) is 0. The van der Waals surface area contributed by atoms with Gasteiger partial charge in [-0.15, -0.1) is 0 Å². The first-order valence-corrected chi connectivity index (χ1v) is 7.15. The fourth-order valence-corrected chi connectivity index (χ4v) is 2.37. The number of allylic oxidation sites excluding steroid dienone is 1. The molecule has 0 radical (unpaired) electrons. The molecule has 19 heavy (non-hydrogen) atoms. The highest BCUT2D eigenvalue weighted by Crippen LogP contribution is 2.27.